The lowest BCUT2D eigenvalue weighted by atomic mass is 10.0. The topological polar surface area (TPSA) is 78.4 Å². The molecule has 5 nitrogen and oxygen atoms in total. The van der Waals surface area contributed by atoms with Crippen molar-refractivity contribution in [3.05, 3.63) is 35.4 Å². The molecule has 0 bridgehead atoms. The molecule has 1 amide bonds. The highest BCUT2D eigenvalue weighted by Crippen LogP contribution is 2.06. The smallest absolute Gasteiger partial charge is 0.237 e. The molecule has 0 heterocycles. The fourth-order valence-electron chi connectivity index (χ4n) is 1.67. The second kappa shape index (κ2) is 7.77. The molecule has 1 aromatic rings. The third kappa shape index (κ3) is 4.75. The Kier molecular flexibility index (Phi) is 6.35. The Morgan fingerprint density at radius 2 is 1.65 bits per heavy atom. The molecule has 0 saturated carbocycles. The van der Waals surface area contributed by atoms with E-state index >= 15 is 0 Å². The van der Waals surface area contributed by atoms with E-state index < -0.39 is 6.04 Å². The maximum Gasteiger partial charge on any atom is 0.237 e. The normalized spacial score (nSPS) is 13.6. The van der Waals surface area contributed by atoms with Gasteiger partial charge in [-0.05, 0) is 32.0 Å². The number of benzene rings is 1. The molecule has 0 aliphatic carbocycles. The molecule has 0 aromatic heterocycles. The van der Waals surface area contributed by atoms with Gasteiger partial charge < -0.3 is 15.7 Å². The van der Waals surface area contributed by atoms with Gasteiger partial charge in [0.2, 0.25) is 5.91 Å². The van der Waals surface area contributed by atoms with E-state index in [0.717, 1.165) is 11.1 Å². The summed E-state index contributed by atoms with van der Waals surface area (Å²) in [5, 5.41) is 14.5. The van der Waals surface area contributed by atoms with Gasteiger partial charge in [0.15, 0.2) is 5.78 Å². The number of nitrogens with one attached hydrogen (secondary N) is 2. The minimum Gasteiger partial charge on any atom is -0.392 e. The van der Waals surface area contributed by atoms with Crippen molar-refractivity contribution in [1.82, 2.24) is 10.6 Å². The van der Waals surface area contributed by atoms with Gasteiger partial charge in [-0.25, -0.2) is 0 Å². The van der Waals surface area contributed by atoms with Gasteiger partial charge in [0.05, 0.1) is 18.7 Å². The van der Waals surface area contributed by atoms with Crippen LogP contribution in [-0.2, 0) is 22.6 Å². The predicted molar refractivity (Wildman–Crippen MR) is 77.2 cm³/mol. The zero-order chi connectivity index (χ0) is 15.1. The fraction of sp³-hybridized carbons (Fsp3) is 0.467. The molecule has 0 aliphatic heterocycles. The van der Waals surface area contributed by atoms with E-state index in [1.165, 1.54) is 0 Å². The summed E-state index contributed by atoms with van der Waals surface area (Å²) < 4.78 is 0. The molecule has 1 unspecified atom stereocenters. The van der Waals surface area contributed by atoms with Gasteiger partial charge in [0.25, 0.3) is 0 Å². The summed E-state index contributed by atoms with van der Waals surface area (Å²) in [4.78, 5) is 23.7. The van der Waals surface area contributed by atoms with Crippen LogP contribution in [0.5, 0.6) is 0 Å². The van der Waals surface area contributed by atoms with Crippen LogP contribution >= 0.6 is 0 Å². The lowest BCUT2D eigenvalue weighted by molar-refractivity contribution is -0.128. The van der Waals surface area contributed by atoms with Gasteiger partial charge in [0.1, 0.15) is 0 Å². The SMILES string of the molecule is CN[C@H](C)C(=O)NC(C)C(=O)Cc1ccc(CO)cc1. The summed E-state index contributed by atoms with van der Waals surface area (Å²) in [6.45, 7) is 3.41. The van der Waals surface area contributed by atoms with Gasteiger partial charge in [-0.3, -0.25) is 9.59 Å². The van der Waals surface area contributed by atoms with Crippen molar-refractivity contribution in [2.24, 2.45) is 0 Å². The molecule has 1 rings (SSSR count). The van der Waals surface area contributed by atoms with E-state index in [2.05, 4.69) is 10.6 Å². The van der Waals surface area contributed by atoms with E-state index in [1.54, 1.807) is 33.0 Å². The van der Waals surface area contributed by atoms with E-state index in [-0.39, 0.29) is 30.8 Å². The van der Waals surface area contributed by atoms with Gasteiger partial charge in [-0.2, -0.15) is 0 Å². The lowest BCUT2D eigenvalue weighted by Gasteiger charge is -2.16. The van der Waals surface area contributed by atoms with Crippen LogP contribution in [0.3, 0.4) is 0 Å². The summed E-state index contributed by atoms with van der Waals surface area (Å²) in [6, 6.07) is 6.36. The Hall–Kier alpha value is -1.72. The Labute approximate surface area is 119 Å². The summed E-state index contributed by atoms with van der Waals surface area (Å²) in [7, 11) is 1.69. The molecule has 2 atom stereocenters. The van der Waals surface area contributed by atoms with Crippen LogP contribution in [-0.4, -0.2) is 35.9 Å². The highest BCUT2D eigenvalue weighted by atomic mass is 16.3. The zero-order valence-corrected chi connectivity index (χ0v) is 12.1. The molecule has 0 aliphatic rings. The maximum absolute atomic E-state index is 12.0. The number of carbonyl (C=O) groups excluding carboxylic acids is 2. The fourth-order valence-corrected chi connectivity index (χ4v) is 1.67. The van der Waals surface area contributed by atoms with Gasteiger partial charge in [-0.15, -0.1) is 0 Å². The molecule has 110 valence electrons. The Bertz CT molecular complexity index is 457. The van der Waals surface area contributed by atoms with Crippen LogP contribution in [0, 0.1) is 0 Å². The standard InChI is InChI=1S/C15H22N2O3/c1-10(17-15(20)11(2)16-3)14(19)8-12-4-6-13(9-18)7-5-12/h4-7,10-11,16,18H,8-9H2,1-3H3,(H,17,20)/t10?,11-/m1/s1. The molecule has 20 heavy (non-hydrogen) atoms. The van der Waals surface area contributed by atoms with Crippen LogP contribution < -0.4 is 10.6 Å². The van der Waals surface area contributed by atoms with Crippen molar-refractivity contribution < 1.29 is 14.7 Å². The molecular formula is C15H22N2O3. The first-order valence-electron chi connectivity index (χ1n) is 6.67. The average Bonchev–Trinajstić information content (AvgIpc) is 2.46. The summed E-state index contributed by atoms with van der Waals surface area (Å²) in [6.07, 6.45) is 0.265. The number of ketones is 1. The van der Waals surface area contributed by atoms with Crippen LogP contribution in [0.1, 0.15) is 25.0 Å². The zero-order valence-electron chi connectivity index (χ0n) is 12.1. The van der Waals surface area contributed by atoms with Crippen molar-refractivity contribution in [3.63, 3.8) is 0 Å². The Balaban J connectivity index is 2.54. The molecule has 0 fully saturated rings. The number of aliphatic hydroxyl groups is 1. The minimum absolute atomic E-state index is 0.0113. The molecule has 0 radical (unpaired) electrons. The highest BCUT2D eigenvalue weighted by molar-refractivity contribution is 5.91. The van der Waals surface area contributed by atoms with Crippen molar-refractivity contribution in [2.45, 2.75) is 39.0 Å². The van der Waals surface area contributed by atoms with Crippen LogP contribution in [0.25, 0.3) is 0 Å². The molecular weight excluding hydrogens is 256 g/mol. The van der Waals surface area contributed by atoms with Crippen molar-refractivity contribution in [3.8, 4) is 0 Å². The largest absolute Gasteiger partial charge is 0.392 e. The summed E-state index contributed by atoms with van der Waals surface area (Å²) in [5.74, 6) is -0.234. The van der Waals surface area contributed by atoms with Gasteiger partial charge in [-0.1, -0.05) is 24.3 Å². The number of rotatable bonds is 7. The summed E-state index contributed by atoms with van der Waals surface area (Å²) in [5.41, 5.74) is 1.68. The first-order valence-corrected chi connectivity index (χ1v) is 6.67. The van der Waals surface area contributed by atoms with Gasteiger partial charge >= 0.3 is 0 Å². The lowest BCUT2D eigenvalue weighted by Crippen LogP contribution is -2.47. The minimum atomic E-state index is -0.518. The summed E-state index contributed by atoms with van der Waals surface area (Å²) >= 11 is 0. The molecule has 5 heteroatoms. The second-order valence-corrected chi connectivity index (χ2v) is 4.86. The number of Topliss-reactive ketones (excluding diaryl/α,β-unsaturated/α-hetero) is 1. The Morgan fingerprint density at radius 3 is 2.15 bits per heavy atom. The highest BCUT2D eigenvalue weighted by Gasteiger charge is 2.18. The number of aliphatic hydroxyl groups excluding tert-OH is 1. The molecule has 0 saturated heterocycles. The maximum atomic E-state index is 12.0. The van der Waals surface area contributed by atoms with Crippen molar-refractivity contribution >= 4 is 11.7 Å². The quantitative estimate of drug-likeness (QED) is 0.675. The number of hydrogen-bond donors (Lipinski definition) is 3. The van der Waals surface area contributed by atoms with Crippen molar-refractivity contribution in [2.75, 3.05) is 7.05 Å². The molecule has 1 aromatic carbocycles. The van der Waals surface area contributed by atoms with Crippen LogP contribution in [0.15, 0.2) is 24.3 Å². The average molecular weight is 278 g/mol. The number of amides is 1. The number of hydrogen-bond acceptors (Lipinski definition) is 4. The monoisotopic (exact) mass is 278 g/mol. The molecule has 3 N–H and O–H groups in total. The van der Waals surface area contributed by atoms with Crippen molar-refractivity contribution in [1.29, 1.82) is 0 Å². The molecule has 0 spiro atoms. The second-order valence-electron chi connectivity index (χ2n) is 4.86. The Morgan fingerprint density at radius 1 is 1.10 bits per heavy atom. The number of likely N-dealkylation sites (N-methyl/N-ethyl adjacent to an activating group) is 1. The van der Waals surface area contributed by atoms with E-state index in [4.69, 9.17) is 5.11 Å². The van der Waals surface area contributed by atoms with Crippen LogP contribution in [0.2, 0.25) is 0 Å². The first-order chi connectivity index (χ1) is 9.47. The van der Waals surface area contributed by atoms with E-state index in [1.807, 2.05) is 12.1 Å². The third-order valence-corrected chi connectivity index (χ3v) is 3.25. The van der Waals surface area contributed by atoms with Gasteiger partial charge in [0, 0.05) is 6.42 Å². The van der Waals surface area contributed by atoms with E-state index in [9.17, 15) is 9.59 Å². The first kappa shape index (κ1) is 16.3. The van der Waals surface area contributed by atoms with Crippen LogP contribution in [0.4, 0.5) is 0 Å². The van der Waals surface area contributed by atoms with E-state index in [0.29, 0.717) is 0 Å². The predicted octanol–water partition coefficient (Wildman–Crippen LogP) is 0.403. The number of carbonyl (C=O) groups is 2. The third-order valence-electron chi connectivity index (χ3n) is 3.25.